The number of aromatic nitrogens is 2. The van der Waals surface area contributed by atoms with E-state index in [1.54, 1.807) is 7.11 Å². The van der Waals surface area contributed by atoms with Gasteiger partial charge in [0.1, 0.15) is 5.75 Å². The van der Waals surface area contributed by atoms with Gasteiger partial charge in [0, 0.05) is 17.3 Å². The molecule has 0 fully saturated rings. The number of hydrogen-bond donors (Lipinski definition) is 1. The largest absolute Gasteiger partial charge is 0.497 e. The molecule has 0 aliphatic heterocycles. The van der Waals surface area contributed by atoms with Gasteiger partial charge in [0.2, 0.25) is 0 Å². The van der Waals surface area contributed by atoms with Gasteiger partial charge in [-0.25, -0.2) is 4.68 Å². The lowest BCUT2D eigenvalue weighted by atomic mass is 10.2. The minimum absolute atomic E-state index is 0.0155. The highest BCUT2D eigenvalue weighted by atomic mass is 16.5. The van der Waals surface area contributed by atoms with Crippen molar-refractivity contribution in [1.82, 2.24) is 9.78 Å². The van der Waals surface area contributed by atoms with Crippen molar-refractivity contribution in [2.45, 2.75) is 20.5 Å². The molecular weight excluding hydrogens is 216 g/mol. The zero-order valence-corrected chi connectivity index (χ0v) is 10.3. The van der Waals surface area contributed by atoms with Crippen LogP contribution in [0.15, 0.2) is 24.3 Å². The molecule has 4 nitrogen and oxygen atoms in total. The van der Waals surface area contributed by atoms with Gasteiger partial charge in [-0.3, -0.25) is 0 Å². The summed E-state index contributed by atoms with van der Waals surface area (Å²) in [6.07, 6.45) is 0. The molecule has 0 spiro atoms. The van der Waals surface area contributed by atoms with E-state index in [2.05, 4.69) is 5.10 Å². The number of rotatable bonds is 3. The van der Waals surface area contributed by atoms with Crippen LogP contribution in [0.3, 0.4) is 0 Å². The van der Waals surface area contributed by atoms with Crippen molar-refractivity contribution < 1.29 is 9.84 Å². The Labute approximate surface area is 100 Å². The van der Waals surface area contributed by atoms with Gasteiger partial charge in [-0.05, 0) is 26.0 Å². The quantitative estimate of drug-likeness (QED) is 0.880. The van der Waals surface area contributed by atoms with Crippen LogP contribution in [0.25, 0.3) is 5.69 Å². The smallest absolute Gasteiger partial charge is 0.121 e. The van der Waals surface area contributed by atoms with Crippen molar-refractivity contribution in [3.63, 3.8) is 0 Å². The molecule has 0 aliphatic carbocycles. The fourth-order valence-corrected chi connectivity index (χ4v) is 1.90. The minimum atomic E-state index is 0.0155. The maximum absolute atomic E-state index is 9.28. The van der Waals surface area contributed by atoms with Gasteiger partial charge in [0.25, 0.3) is 0 Å². The Kier molecular flexibility index (Phi) is 3.15. The number of nitrogens with zero attached hydrogens (tertiary/aromatic N) is 2. The van der Waals surface area contributed by atoms with Gasteiger partial charge < -0.3 is 9.84 Å². The number of benzene rings is 1. The maximum atomic E-state index is 9.28. The average Bonchev–Trinajstić information content (AvgIpc) is 2.64. The number of aliphatic hydroxyl groups is 1. The van der Waals surface area contributed by atoms with Crippen molar-refractivity contribution in [2.24, 2.45) is 0 Å². The average molecular weight is 232 g/mol. The zero-order valence-electron chi connectivity index (χ0n) is 10.3. The molecule has 1 aromatic carbocycles. The molecule has 0 amide bonds. The molecule has 0 unspecified atom stereocenters. The lowest BCUT2D eigenvalue weighted by Gasteiger charge is -2.06. The van der Waals surface area contributed by atoms with Crippen molar-refractivity contribution >= 4 is 0 Å². The van der Waals surface area contributed by atoms with Crippen LogP contribution in [0, 0.1) is 13.8 Å². The van der Waals surface area contributed by atoms with Crippen LogP contribution in [0.2, 0.25) is 0 Å². The van der Waals surface area contributed by atoms with Crippen LogP contribution < -0.4 is 4.74 Å². The first kappa shape index (κ1) is 11.7. The SMILES string of the molecule is COc1cccc(-n2nc(C)c(CO)c2C)c1. The summed E-state index contributed by atoms with van der Waals surface area (Å²) in [5, 5.41) is 13.7. The molecule has 0 saturated heterocycles. The third kappa shape index (κ3) is 2.03. The fourth-order valence-electron chi connectivity index (χ4n) is 1.90. The first-order chi connectivity index (χ1) is 8.17. The zero-order chi connectivity index (χ0) is 12.4. The highest BCUT2D eigenvalue weighted by Crippen LogP contribution is 2.20. The summed E-state index contributed by atoms with van der Waals surface area (Å²) < 4.78 is 7.01. The summed E-state index contributed by atoms with van der Waals surface area (Å²) >= 11 is 0. The molecular formula is C13H16N2O2. The van der Waals surface area contributed by atoms with Crippen LogP contribution in [0.1, 0.15) is 17.0 Å². The van der Waals surface area contributed by atoms with E-state index in [9.17, 15) is 5.11 Å². The van der Waals surface area contributed by atoms with Crippen molar-refractivity contribution in [3.8, 4) is 11.4 Å². The lowest BCUT2D eigenvalue weighted by Crippen LogP contribution is -2.00. The van der Waals surface area contributed by atoms with E-state index in [1.807, 2.05) is 42.8 Å². The van der Waals surface area contributed by atoms with Gasteiger partial charge in [-0.2, -0.15) is 5.10 Å². The number of hydrogen-bond acceptors (Lipinski definition) is 3. The van der Waals surface area contributed by atoms with Crippen LogP contribution in [-0.4, -0.2) is 22.0 Å². The highest BCUT2D eigenvalue weighted by molar-refractivity contribution is 5.41. The molecule has 1 aromatic heterocycles. The number of aliphatic hydroxyl groups excluding tert-OH is 1. The van der Waals surface area contributed by atoms with Gasteiger partial charge in [0.15, 0.2) is 0 Å². The van der Waals surface area contributed by atoms with Crippen molar-refractivity contribution in [1.29, 1.82) is 0 Å². The minimum Gasteiger partial charge on any atom is -0.497 e. The predicted octanol–water partition coefficient (Wildman–Crippen LogP) is 1.99. The van der Waals surface area contributed by atoms with Crippen LogP contribution in [0.5, 0.6) is 5.75 Å². The van der Waals surface area contributed by atoms with Crippen LogP contribution in [0.4, 0.5) is 0 Å². The monoisotopic (exact) mass is 232 g/mol. The summed E-state index contributed by atoms with van der Waals surface area (Å²) in [4.78, 5) is 0. The Morgan fingerprint density at radius 1 is 1.35 bits per heavy atom. The molecule has 1 N–H and O–H groups in total. The first-order valence-corrected chi connectivity index (χ1v) is 5.47. The molecule has 2 rings (SSSR count). The molecule has 1 heterocycles. The molecule has 0 radical (unpaired) electrons. The van der Waals surface area contributed by atoms with E-state index >= 15 is 0 Å². The Morgan fingerprint density at radius 3 is 2.71 bits per heavy atom. The molecule has 4 heteroatoms. The molecule has 0 bridgehead atoms. The van der Waals surface area contributed by atoms with Gasteiger partial charge in [-0.1, -0.05) is 6.07 Å². The maximum Gasteiger partial charge on any atom is 0.121 e. The van der Waals surface area contributed by atoms with E-state index in [1.165, 1.54) is 0 Å². The van der Waals surface area contributed by atoms with E-state index in [-0.39, 0.29) is 6.61 Å². The van der Waals surface area contributed by atoms with E-state index in [0.29, 0.717) is 0 Å². The van der Waals surface area contributed by atoms with Crippen molar-refractivity contribution in [2.75, 3.05) is 7.11 Å². The summed E-state index contributed by atoms with van der Waals surface area (Å²) in [6, 6.07) is 7.69. The van der Waals surface area contributed by atoms with E-state index < -0.39 is 0 Å². The van der Waals surface area contributed by atoms with E-state index in [0.717, 1.165) is 28.4 Å². The summed E-state index contributed by atoms with van der Waals surface area (Å²) in [6.45, 7) is 3.86. The third-order valence-electron chi connectivity index (χ3n) is 2.90. The molecule has 90 valence electrons. The van der Waals surface area contributed by atoms with Gasteiger partial charge >= 0.3 is 0 Å². The molecule has 17 heavy (non-hydrogen) atoms. The Bertz CT molecular complexity index is 532. The Morgan fingerprint density at radius 2 is 2.12 bits per heavy atom. The second-order valence-corrected chi connectivity index (χ2v) is 3.92. The third-order valence-corrected chi connectivity index (χ3v) is 2.90. The predicted molar refractivity (Wildman–Crippen MR) is 65.5 cm³/mol. The van der Waals surface area contributed by atoms with E-state index in [4.69, 9.17) is 4.74 Å². The number of ether oxygens (including phenoxy) is 1. The summed E-state index contributed by atoms with van der Waals surface area (Å²) in [7, 11) is 1.64. The summed E-state index contributed by atoms with van der Waals surface area (Å²) in [5.41, 5.74) is 3.63. The molecule has 0 atom stereocenters. The highest BCUT2D eigenvalue weighted by Gasteiger charge is 2.11. The molecule has 0 saturated carbocycles. The lowest BCUT2D eigenvalue weighted by molar-refractivity contribution is 0.280. The topological polar surface area (TPSA) is 47.3 Å². The van der Waals surface area contributed by atoms with Crippen LogP contribution >= 0.6 is 0 Å². The molecule has 0 aliphatic rings. The van der Waals surface area contributed by atoms with Gasteiger partial charge in [0.05, 0.1) is 25.1 Å². The number of methoxy groups -OCH3 is 1. The second kappa shape index (κ2) is 4.59. The fraction of sp³-hybridized carbons (Fsp3) is 0.308. The first-order valence-electron chi connectivity index (χ1n) is 5.47. The van der Waals surface area contributed by atoms with Crippen LogP contribution in [-0.2, 0) is 6.61 Å². The molecule has 2 aromatic rings. The second-order valence-electron chi connectivity index (χ2n) is 3.92. The standard InChI is InChI=1S/C13H16N2O2/c1-9-13(8-16)10(2)15(14-9)11-5-4-6-12(7-11)17-3/h4-7,16H,8H2,1-3H3. The normalized spacial score (nSPS) is 10.6. The Balaban J connectivity index is 2.52. The van der Waals surface area contributed by atoms with Crippen molar-refractivity contribution in [3.05, 3.63) is 41.2 Å². The van der Waals surface area contributed by atoms with Gasteiger partial charge in [-0.15, -0.1) is 0 Å². The summed E-state index contributed by atoms with van der Waals surface area (Å²) in [5.74, 6) is 0.792. The number of aryl methyl sites for hydroxylation is 1. The Hall–Kier alpha value is -1.81.